The quantitative estimate of drug-likeness (QED) is 0.406. The van der Waals surface area contributed by atoms with Crippen LogP contribution >= 0.6 is 12.2 Å². The molecule has 0 aliphatic carbocycles. The number of nitrogens with one attached hydrogen (secondary N) is 3. The molecule has 1 unspecified atom stereocenters. The number of fused-ring (bicyclic) bond motifs is 1. The lowest BCUT2D eigenvalue weighted by Crippen LogP contribution is -2.45. The highest BCUT2D eigenvalue weighted by Crippen LogP contribution is 2.24. The van der Waals surface area contributed by atoms with Crippen LogP contribution in [0.4, 0.5) is 5.69 Å². The number of Topliss-reactive ketones (excluding diaryl/α,β-unsaturated/α-hetero) is 1. The van der Waals surface area contributed by atoms with E-state index in [1.807, 2.05) is 0 Å². The summed E-state index contributed by atoms with van der Waals surface area (Å²) in [6, 6.07) is 7.05. The molecule has 1 aliphatic heterocycles. The van der Waals surface area contributed by atoms with Gasteiger partial charge in [0.1, 0.15) is 5.92 Å². The summed E-state index contributed by atoms with van der Waals surface area (Å²) in [4.78, 5) is 24.5. The number of amides is 1. The van der Waals surface area contributed by atoms with Crippen LogP contribution in [-0.4, -0.2) is 29.9 Å². The molecule has 0 bridgehead atoms. The van der Waals surface area contributed by atoms with Crippen molar-refractivity contribution in [3.05, 3.63) is 29.8 Å². The van der Waals surface area contributed by atoms with E-state index < -0.39 is 5.92 Å². The third-order valence-electron chi connectivity index (χ3n) is 3.87. The first-order valence-corrected chi connectivity index (χ1v) is 8.50. The second kappa shape index (κ2) is 8.62. The first kappa shape index (κ1) is 17.4. The monoisotopic (exact) mass is 333 g/mol. The van der Waals surface area contributed by atoms with Crippen LogP contribution in [0.5, 0.6) is 0 Å². The maximum absolute atomic E-state index is 12.4. The number of carbonyl (C=O) groups is 2. The van der Waals surface area contributed by atoms with E-state index in [1.54, 1.807) is 24.3 Å². The van der Waals surface area contributed by atoms with Crippen LogP contribution in [0.25, 0.3) is 0 Å². The number of thiocarbonyl (C=S) groups is 1. The third-order valence-corrected chi connectivity index (χ3v) is 4.15. The van der Waals surface area contributed by atoms with Crippen molar-refractivity contribution in [3.8, 4) is 0 Å². The van der Waals surface area contributed by atoms with E-state index in [-0.39, 0.29) is 18.2 Å². The number of anilines is 1. The van der Waals surface area contributed by atoms with Gasteiger partial charge in [0.2, 0.25) is 5.91 Å². The molecule has 0 saturated carbocycles. The van der Waals surface area contributed by atoms with E-state index in [0.717, 1.165) is 13.0 Å². The zero-order valence-electron chi connectivity index (χ0n) is 13.4. The highest BCUT2D eigenvalue weighted by atomic mass is 32.1. The van der Waals surface area contributed by atoms with E-state index in [9.17, 15) is 9.59 Å². The van der Waals surface area contributed by atoms with Crippen LogP contribution in [0, 0.1) is 5.92 Å². The van der Waals surface area contributed by atoms with E-state index in [4.69, 9.17) is 12.2 Å². The Morgan fingerprint density at radius 1 is 1.17 bits per heavy atom. The summed E-state index contributed by atoms with van der Waals surface area (Å²) in [6.07, 6.45) is 4.65. The molecule has 1 heterocycles. The average Bonchev–Trinajstić information content (AvgIpc) is 2.54. The molecule has 1 aromatic carbocycles. The molecule has 0 saturated heterocycles. The molecular weight excluding hydrogens is 310 g/mol. The summed E-state index contributed by atoms with van der Waals surface area (Å²) in [5.74, 6) is -1.20. The molecule has 6 heteroatoms. The number of hydrogen-bond acceptors (Lipinski definition) is 3. The lowest BCUT2D eigenvalue weighted by Gasteiger charge is -2.24. The van der Waals surface area contributed by atoms with Crippen LogP contribution in [-0.2, 0) is 4.79 Å². The van der Waals surface area contributed by atoms with Gasteiger partial charge in [-0.15, -0.1) is 0 Å². The molecule has 1 aromatic rings. The normalized spacial score (nSPS) is 16.5. The molecule has 0 spiro atoms. The first-order chi connectivity index (χ1) is 11.1. The number of carbonyl (C=O) groups excluding carboxylic acids is 2. The number of unbranched alkanes of at least 4 members (excludes halogenated alkanes) is 3. The Kier molecular flexibility index (Phi) is 6.52. The SMILES string of the molecule is CCCCCCNC(=S)NCC1C(=O)Nc2ccccc2C1=O. The van der Waals surface area contributed by atoms with Crippen molar-refractivity contribution in [1.29, 1.82) is 0 Å². The largest absolute Gasteiger partial charge is 0.363 e. The summed E-state index contributed by atoms with van der Waals surface area (Å²) in [5, 5.41) is 9.33. The molecule has 1 atom stereocenters. The maximum atomic E-state index is 12.4. The van der Waals surface area contributed by atoms with Crippen molar-refractivity contribution < 1.29 is 9.59 Å². The Hall–Kier alpha value is -1.95. The summed E-state index contributed by atoms with van der Waals surface area (Å²) >= 11 is 5.19. The van der Waals surface area contributed by atoms with Gasteiger partial charge in [-0.1, -0.05) is 38.3 Å². The van der Waals surface area contributed by atoms with Gasteiger partial charge in [0, 0.05) is 18.7 Å². The number of benzene rings is 1. The topological polar surface area (TPSA) is 70.2 Å². The molecule has 0 radical (unpaired) electrons. The second-order valence-electron chi connectivity index (χ2n) is 5.65. The van der Waals surface area contributed by atoms with Crippen molar-refractivity contribution >= 4 is 34.7 Å². The lowest BCUT2D eigenvalue weighted by molar-refractivity contribution is -0.118. The fourth-order valence-electron chi connectivity index (χ4n) is 2.53. The number of para-hydroxylation sites is 1. The minimum atomic E-state index is -0.746. The Balaban J connectivity index is 1.80. The van der Waals surface area contributed by atoms with Crippen molar-refractivity contribution in [2.75, 3.05) is 18.4 Å². The van der Waals surface area contributed by atoms with Gasteiger partial charge < -0.3 is 16.0 Å². The second-order valence-corrected chi connectivity index (χ2v) is 6.06. The van der Waals surface area contributed by atoms with E-state index in [1.165, 1.54) is 19.3 Å². The van der Waals surface area contributed by atoms with Gasteiger partial charge in [-0.25, -0.2) is 0 Å². The van der Waals surface area contributed by atoms with Gasteiger partial charge in [0.15, 0.2) is 10.9 Å². The van der Waals surface area contributed by atoms with Gasteiger partial charge >= 0.3 is 0 Å². The predicted molar refractivity (Wildman–Crippen MR) is 95.6 cm³/mol. The van der Waals surface area contributed by atoms with Crippen molar-refractivity contribution in [1.82, 2.24) is 10.6 Å². The fraction of sp³-hybridized carbons (Fsp3) is 0.471. The molecule has 5 nitrogen and oxygen atoms in total. The van der Waals surface area contributed by atoms with E-state index in [2.05, 4.69) is 22.9 Å². The molecule has 1 amide bonds. The standard InChI is InChI=1S/C17H23N3O2S/c1-2-3-4-7-10-18-17(23)19-11-13-15(21)12-8-5-6-9-14(12)20-16(13)22/h5-6,8-9,13H,2-4,7,10-11H2,1H3,(H,20,22)(H2,18,19,23). The van der Waals surface area contributed by atoms with Gasteiger partial charge in [0.05, 0.1) is 5.69 Å². The van der Waals surface area contributed by atoms with Gasteiger partial charge in [0.25, 0.3) is 0 Å². The predicted octanol–water partition coefficient (Wildman–Crippen LogP) is 2.48. The summed E-state index contributed by atoms with van der Waals surface area (Å²) in [7, 11) is 0. The zero-order chi connectivity index (χ0) is 16.7. The minimum absolute atomic E-state index is 0.164. The maximum Gasteiger partial charge on any atom is 0.237 e. The van der Waals surface area contributed by atoms with Crippen LogP contribution < -0.4 is 16.0 Å². The molecule has 0 fully saturated rings. The Morgan fingerprint density at radius 2 is 1.96 bits per heavy atom. The highest BCUT2D eigenvalue weighted by Gasteiger charge is 2.33. The van der Waals surface area contributed by atoms with E-state index >= 15 is 0 Å². The molecule has 124 valence electrons. The van der Waals surface area contributed by atoms with Crippen LogP contribution in [0.1, 0.15) is 43.0 Å². The number of hydrogen-bond donors (Lipinski definition) is 3. The molecular formula is C17H23N3O2S. The fourth-order valence-corrected chi connectivity index (χ4v) is 2.72. The summed E-state index contributed by atoms with van der Waals surface area (Å²) < 4.78 is 0. The average molecular weight is 333 g/mol. The zero-order valence-corrected chi connectivity index (χ0v) is 14.2. The summed E-state index contributed by atoms with van der Waals surface area (Å²) in [5.41, 5.74) is 1.13. The lowest BCUT2D eigenvalue weighted by atomic mass is 9.91. The number of rotatable bonds is 7. The Bertz CT molecular complexity index is 589. The molecule has 1 aliphatic rings. The van der Waals surface area contributed by atoms with Crippen LogP contribution in [0.3, 0.4) is 0 Å². The van der Waals surface area contributed by atoms with Crippen molar-refractivity contribution in [2.24, 2.45) is 5.92 Å². The van der Waals surface area contributed by atoms with Gasteiger partial charge in [-0.05, 0) is 30.8 Å². The van der Waals surface area contributed by atoms with Gasteiger partial charge in [-0.2, -0.15) is 0 Å². The smallest absolute Gasteiger partial charge is 0.237 e. The van der Waals surface area contributed by atoms with Crippen molar-refractivity contribution in [3.63, 3.8) is 0 Å². The number of ketones is 1. The highest BCUT2D eigenvalue weighted by molar-refractivity contribution is 7.80. The first-order valence-electron chi connectivity index (χ1n) is 8.09. The van der Waals surface area contributed by atoms with E-state index in [0.29, 0.717) is 16.4 Å². The molecule has 3 N–H and O–H groups in total. The summed E-state index contributed by atoms with van der Waals surface area (Å²) in [6.45, 7) is 3.18. The molecule has 23 heavy (non-hydrogen) atoms. The molecule has 0 aromatic heterocycles. The Labute approximate surface area is 142 Å². The Morgan fingerprint density at radius 3 is 2.74 bits per heavy atom. The van der Waals surface area contributed by atoms with Crippen LogP contribution in [0.15, 0.2) is 24.3 Å². The van der Waals surface area contributed by atoms with Crippen molar-refractivity contribution in [2.45, 2.75) is 32.6 Å². The molecule has 2 rings (SSSR count). The third kappa shape index (κ3) is 4.76. The minimum Gasteiger partial charge on any atom is -0.363 e. The van der Waals surface area contributed by atoms with Crippen LogP contribution in [0.2, 0.25) is 0 Å². The van der Waals surface area contributed by atoms with Gasteiger partial charge in [-0.3, -0.25) is 9.59 Å².